The minimum Gasteiger partial charge on any atom is -0.455 e. The van der Waals surface area contributed by atoms with E-state index in [1.54, 1.807) is 0 Å². The Morgan fingerprint density at radius 2 is 1.67 bits per heavy atom. The second-order valence-corrected chi connectivity index (χ2v) is 8.82. The monoisotopic (exact) mass is 389 g/mol. The number of aliphatic imine (C=N–C) groups is 1. The molecule has 2 heteroatoms. The van der Waals surface area contributed by atoms with E-state index in [9.17, 15) is 0 Å². The Hall–Kier alpha value is -3.39. The first kappa shape index (κ1) is 17.5. The zero-order valence-corrected chi connectivity index (χ0v) is 17.5. The van der Waals surface area contributed by atoms with Crippen LogP contribution in [0, 0.1) is 12.8 Å². The summed E-state index contributed by atoms with van der Waals surface area (Å²) in [4.78, 5) is 5.11. The molecule has 5 aromatic rings. The van der Waals surface area contributed by atoms with Gasteiger partial charge in [-0.05, 0) is 60.0 Å². The zero-order chi connectivity index (χ0) is 20.4. The van der Waals surface area contributed by atoms with Crippen LogP contribution < -0.4 is 0 Å². The molecule has 0 bridgehead atoms. The predicted molar refractivity (Wildman–Crippen MR) is 126 cm³/mol. The third kappa shape index (κ3) is 2.46. The molecule has 6 rings (SSSR count). The number of nitrogens with zero attached hydrogens (tertiary/aromatic N) is 1. The van der Waals surface area contributed by atoms with Gasteiger partial charge in [0.05, 0.1) is 11.4 Å². The first-order valence-electron chi connectivity index (χ1n) is 10.7. The average molecular weight is 389 g/mol. The summed E-state index contributed by atoms with van der Waals surface area (Å²) in [6, 6.07) is 23.7. The molecule has 146 valence electrons. The highest BCUT2D eigenvalue weighted by molar-refractivity contribution is 6.30. The fourth-order valence-corrected chi connectivity index (χ4v) is 4.89. The van der Waals surface area contributed by atoms with Crippen LogP contribution >= 0.6 is 0 Å². The molecule has 1 aromatic heterocycles. The molecule has 2 nitrogen and oxygen atoms in total. The Bertz CT molecular complexity index is 1500. The quantitative estimate of drug-likeness (QED) is 0.304. The van der Waals surface area contributed by atoms with E-state index in [0.717, 1.165) is 45.3 Å². The Labute approximate surface area is 175 Å². The van der Waals surface area contributed by atoms with Crippen molar-refractivity contribution in [3.63, 3.8) is 0 Å². The van der Waals surface area contributed by atoms with E-state index in [1.807, 2.05) is 12.1 Å². The molecule has 0 amide bonds. The molecule has 0 saturated heterocycles. The maximum atomic E-state index is 6.34. The van der Waals surface area contributed by atoms with Gasteiger partial charge in [0.2, 0.25) is 0 Å². The molecular weight excluding hydrogens is 366 g/mol. The van der Waals surface area contributed by atoms with Crippen molar-refractivity contribution in [2.24, 2.45) is 10.9 Å². The number of benzene rings is 4. The molecule has 1 aliphatic rings. The summed E-state index contributed by atoms with van der Waals surface area (Å²) in [6.45, 7) is 6.70. The predicted octanol–water partition coefficient (Wildman–Crippen LogP) is 7.73. The summed E-state index contributed by atoms with van der Waals surface area (Å²) in [5.74, 6) is 0.621. The van der Waals surface area contributed by atoms with Gasteiger partial charge < -0.3 is 4.42 Å². The van der Waals surface area contributed by atoms with E-state index in [2.05, 4.69) is 75.4 Å². The first-order valence-corrected chi connectivity index (χ1v) is 10.7. The molecule has 0 radical (unpaired) electrons. The van der Waals surface area contributed by atoms with Crippen molar-refractivity contribution in [2.45, 2.75) is 27.2 Å². The Morgan fingerprint density at radius 3 is 2.53 bits per heavy atom. The Morgan fingerprint density at radius 1 is 0.833 bits per heavy atom. The summed E-state index contributed by atoms with van der Waals surface area (Å²) in [6.07, 6.45) is 1.08. The van der Waals surface area contributed by atoms with Gasteiger partial charge >= 0.3 is 0 Å². The summed E-state index contributed by atoms with van der Waals surface area (Å²) < 4.78 is 6.34. The highest BCUT2D eigenvalue weighted by atomic mass is 16.3. The number of para-hydroxylation sites is 1. The molecule has 0 N–H and O–H groups in total. The lowest BCUT2D eigenvalue weighted by molar-refractivity contribution is 0.650. The van der Waals surface area contributed by atoms with Gasteiger partial charge in [0, 0.05) is 27.3 Å². The minimum atomic E-state index is 0.621. The van der Waals surface area contributed by atoms with Crippen LogP contribution in [0.1, 0.15) is 36.1 Å². The molecular formula is C28H23NO. The standard InChI is InChI=1S/C28H23NO/c1-16(2)13-18-11-12-21-26-19(18)8-6-9-24(26)29-27(21)23-15-17(3)14-22-20-7-4-5-10-25(20)30-28(22)23/h4-12,14-16H,13H2,1-3H3. The fraction of sp³-hybridized carbons (Fsp3) is 0.179. The van der Waals surface area contributed by atoms with E-state index in [0.29, 0.717) is 5.92 Å². The van der Waals surface area contributed by atoms with Gasteiger partial charge in [0.1, 0.15) is 11.2 Å². The lowest BCUT2D eigenvalue weighted by Crippen LogP contribution is -2.03. The van der Waals surface area contributed by atoms with Crippen LogP contribution in [0.4, 0.5) is 5.69 Å². The van der Waals surface area contributed by atoms with Gasteiger partial charge in [0.25, 0.3) is 0 Å². The molecule has 1 aliphatic heterocycles. The summed E-state index contributed by atoms with van der Waals surface area (Å²) >= 11 is 0. The summed E-state index contributed by atoms with van der Waals surface area (Å²) in [5.41, 5.74) is 8.84. The van der Waals surface area contributed by atoms with E-state index >= 15 is 0 Å². The Kier molecular flexibility index (Phi) is 3.67. The summed E-state index contributed by atoms with van der Waals surface area (Å²) in [7, 11) is 0. The second kappa shape index (κ2) is 6.30. The minimum absolute atomic E-state index is 0.621. The van der Waals surface area contributed by atoms with Crippen LogP contribution in [0.15, 0.2) is 76.1 Å². The SMILES string of the molecule is Cc1cc(C2=Nc3cccc4c(CC(C)C)ccc2c34)c2oc3ccccc3c2c1. The topological polar surface area (TPSA) is 25.5 Å². The normalized spacial score (nSPS) is 13.1. The van der Waals surface area contributed by atoms with Gasteiger partial charge in [-0.1, -0.05) is 56.3 Å². The van der Waals surface area contributed by atoms with Crippen molar-refractivity contribution >= 4 is 44.1 Å². The Balaban J connectivity index is 1.63. The molecule has 0 fully saturated rings. The van der Waals surface area contributed by atoms with E-state index < -0.39 is 0 Å². The van der Waals surface area contributed by atoms with Gasteiger partial charge in [0.15, 0.2) is 0 Å². The van der Waals surface area contributed by atoms with Crippen molar-refractivity contribution < 1.29 is 4.42 Å². The van der Waals surface area contributed by atoms with Crippen LogP contribution in [-0.2, 0) is 6.42 Å². The van der Waals surface area contributed by atoms with E-state index in [-0.39, 0.29) is 0 Å². The maximum absolute atomic E-state index is 6.34. The van der Waals surface area contributed by atoms with Crippen LogP contribution in [0.5, 0.6) is 0 Å². The van der Waals surface area contributed by atoms with Crippen molar-refractivity contribution in [3.05, 3.63) is 89.0 Å². The van der Waals surface area contributed by atoms with E-state index in [1.165, 1.54) is 27.5 Å². The third-order valence-corrected chi connectivity index (χ3v) is 6.10. The van der Waals surface area contributed by atoms with Crippen LogP contribution in [0.3, 0.4) is 0 Å². The van der Waals surface area contributed by atoms with Crippen LogP contribution in [0.2, 0.25) is 0 Å². The number of hydrogen-bond donors (Lipinski definition) is 0. The maximum Gasteiger partial charge on any atom is 0.144 e. The lowest BCUT2D eigenvalue weighted by atomic mass is 9.91. The molecule has 0 spiro atoms. The van der Waals surface area contributed by atoms with Crippen molar-refractivity contribution in [3.8, 4) is 0 Å². The van der Waals surface area contributed by atoms with Crippen LogP contribution in [-0.4, -0.2) is 5.71 Å². The molecule has 0 atom stereocenters. The van der Waals surface area contributed by atoms with Gasteiger partial charge in [-0.3, -0.25) is 0 Å². The zero-order valence-electron chi connectivity index (χ0n) is 17.5. The van der Waals surface area contributed by atoms with Crippen molar-refractivity contribution in [2.75, 3.05) is 0 Å². The number of furan rings is 1. The van der Waals surface area contributed by atoms with Crippen LogP contribution in [0.25, 0.3) is 32.7 Å². The number of fused-ring (bicyclic) bond motifs is 3. The molecule has 0 aliphatic carbocycles. The first-order chi connectivity index (χ1) is 14.6. The highest BCUT2D eigenvalue weighted by Gasteiger charge is 2.24. The average Bonchev–Trinajstić information content (AvgIpc) is 3.29. The molecule has 4 aromatic carbocycles. The van der Waals surface area contributed by atoms with Gasteiger partial charge in [-0.2, -0.15) is 0 Å². The van der Waals surface area contributed by atoms with Gasteiger partial charge in [-0.25, -0.2) is 4.99 Å². The lowest BCUT2D eigenvalue weighted by Gasteiger charge is -2.11. The molecule has 2 heterocycles. The second-order valence-electron chi connectivity index (χ2n) is 8.82. The summed E-state index contributed by atoms with van der Waals surface area (Å²) in [5, 5.41) is 4.92. The smallest absolute Gasteiger partial charge is 0.144 e. The van der Waals surface area contributed by atoms with Crippen molar-refractivity contribution in [1.82, 2.24) is 0 Å². The third-order valence-electron chi connectivity index (χ3n) is 6.10. The largest absolute Gasteiger partial charge is 0.455 e. The molecule has 0 saturated carbocycles. The molecule has 30 heavy (non-hydrogen) atoms. The van der Waals surface area contributed by atoms with E-state index in [4.69, 9.17) is 9.41 Å². The van der Waals surface area contributed by atoms with Gasteiger partial charge in [-0.15, -0.1) is 0 Å². The fourth-order valence-electron chi connectivity index (χ4n) is 4.89. The highest BCUT2D eigenvalue weighted by Crippen LogP contribution is 2.41. The van der Waals surface area contributed by atoms with Crippen molar-refractivity contribution in [1.29, 1.82) is 0 Å². The number of hydrogen-bond acceptors (Lipinski definition) is 2. The number of rotatable bonds is 3. The molecule has 0 unspecified atom stereocenters. The number of aryl methyl sites for hydroxylation is 1.